The first-order valence-corrected chi connectivity index (χ1v) is 13.2. The van der Waals surface area contributed by atoms with Crippen LogP contribution in [0.4, 0.5) is 17.3 Å². The molecular weight excluding hydrogens is 486 g/mol. The first-order valence-electron chi connectivity index (χ1n) is 13.2. The van der Waals surface area contributed by atoms with E-state index in [-0.39, 0.29) is 5.56 Å². The highest BCUT2D eigenvalue weighted by atomic mass is 16.1. The normalized spacial score (nSPS) is 14.1. The summed E-state index contributed by atoms with van der Waals surface area (Å²) in [6.45, 7) is 6.15. The minimum Gasteiger partial charge on any atom is -0.369 e. The standard InChI is InChI=1S/C31H31N7O/c1-22-8-6-7-11-28(22)38-30(39)26-21-32-31(34-29(26)27(35-38)20-23-9-4-3-5-10-23)33-24-12-14-25(15-13-24)37-18-16-36(2)17-19-37/h3-15,21H,16-20H2,1-2H3,(H,32,33,34). The van der Waals surface area contributed by atoms with E-state index in [1.54, 1.807) is 6.20 Å². The molecule has 1 aliphatic heterocycles. The summed E-state index contributed by atoms with van der Waals surface area (Å²) in [4.78, 5) is 27.6. The predicted molar refractivity (Wildman–Crippen MR) is 156 cm³/mol. The van der Waals surface area contributed by atoms with Crippen molar-refractivity contribution in [2.75, 3.05) is 43.4 Å². The largest absolute Gasteiger partial charge is 0.369 e. The Kier molecular flexibility index (Phi) is 6.77. The number of rotatable bonds is 6. The molecule has 5 aromatic rings. The Bertz CT molecular complexity index is 1660. The summed E-state index contributed by atoms with van der Waals surface area (Å²) in [5.74, 6) is 0.430. The molecule has 0 bridgehead atoms. The SMILES string of the molecule is Cc1ccccc1-n1nc(Cc2ccccc2)c2nc(Nc3ccc(N4CCN(C)CC4)cc3)ncc2c1=O. The molecule has 196 valence electrons. The number of aromatic nitrogens is 4. The van der Waals surface area contributed by atoms with Crippen molar-refractivity contribution in [1.82, 2.24) is 24.6 Å². The quantitative estimate of drug-likeness (QED) is 0.353. The van der Waals surface area contributed by atoms with Gasteiger partial charge in [0.2, 0.25) is 5.95 Å². The van der Waals surface area contributed by atoms with E-state index in [0.717, 1.165) is 54.4 Å². The zero-order chi connectivity index (χ0) is 26.8. The third-order valence-electron chi connectivity index (χ3n) is 7.26. The molecule has 8 nitrogen and oxygen atoms in total. The summed E-state index contributed by atoms with van der Waals surface area (Å²) < 4.78 is 1.48. The molecule has 2 aromatic heterocycles. The summed E-state index contributed by atoms with van der Waals surface area (Å²) in [7, 11) is 2.16. The van der Waals surface area contributed by atoms with E-state index >= 15 is 0 Å². The molecule has 6 rings (SSSR count). The van der Waals surface area contributed by atoms with Gasteiger partial charge in [0.05, 0.1) is 16.8 Å². The lowest BCUT2D eigenvalue weighted by Crippen LogP contribution is -2.44. The Morgan fingerprint density at radius 1 is 0.872 bits per heavy atom. The van der Waals surface area contributed by atoms with Crippen LogP contribution in [0.2, 0.25) is 0 Å². The number of fused-ring (bicyclic) bond motifs is 1. The lowest BCUT2D eigenvalue weighted by Gasteiger charge is -2.34. The van der Waals surface area contributed by atoms with Crippen LogP contribution in [0.1, 0.15) is 16.8 Å². The van der Waals surface area contributed by atoms with E-state index in [4.69, 9.17) is 10.1 Å². The average Bonchev–Trinajstić information content (AvgIpc) is 2.96. The van der Waals surface area contributed by atoms with Crippen molar-refractivity contribution in [1.29, 1.82) is 0 Å². The summed E-state index contributed by atoms with van der Waals surface area (Å²) in [5.41, 5.74) is 5.94. The molecule has 1 fully saturated rings. The summed E-state index contributed by atoms with van der Waals surface area (Å²) in [6, 6.07) is 26.2. The van der Waals surface area contributed by atoms with Gasteiger partial charge in [-0.1, -0.05) is 48.5 Å². The summed E-state index contributed by atoms with van der Waals surface area (Å²) >= 11 is 0. The monoisotopic (exact) mass is 517 g/mol. The number of likely N-dealkylation sites (N-methyl/N-ethyl adjacent to an activating group) is 1. The Morgan fingerprint density at radius 2 is 1.59 bits per heavy atom. The van der Waals surface area contributed by atoms with E-state index in [1.165, 1.54) is 10.4 Å². The molecule has 0 radical (unpaired) electrons. The highest BCUT2D eigenvalue weighted by Gasteiger charge is 2.17. The van der Waals surface area contributed by atoms with Gasteiger partial charge in [0, 0.05) is 50.2 Å². The zero-order valence-electron chi connectivity index (χ0n) is 22.2. The molecule has 3 aromatic carbocycles. The van der Waals surface area contributed by atoms with Crippen LogP contribution >= 0.6 is 0 Å². The number of nitrogens with one attached hydrogen (secondary N) is 1. The number of hydrogen-bond acceptors (Lipinski definition) is 7. The Hall–Kier alpha value is -4.56. The summed E-state index contributed by atoms with van der Waals surface area (Å²) in [6.07, 6.45) is 2.15. The fraction of sp³-hybridized carbons (Fsp3) is 0.226. The van der Waals surface area contributed by atoms with Crippen molar-refractivity contribution in [3.63, 3.8) is 0 Å². The van der Waals surface area contributed by atoms with Crippen LogP contribution in [0.25, 0.3) is 16.6 Å². The van der Waals surface area contributed by atoms with Crippen LogP contribution < -0.4 is 15.8 Å². The van der Waals surface area contributed by atoms with E-state index in [0.29, 0.717) is 23.3 Å². The van der Waals surface area contributed by atoms with Gasteiger partial charge in [-0.25, -0.2) is 9.97 Å². The van der Waals surface area contributed by atoms with Crippen LogP contribution in [0.3, 0.4) is 0 Å². The molecule has 3 heterocycles. The number of para-hydroxylation sites is 1. The van der Waals surface area contributed by atoms with Gasteiger partial charge in [0.25, 0.3) is 5.56 Å². The molecule has 0 aliphatic carbocycles. The molecule has 0 unspecified atom stereocenters. The second kappa shape index (κ2) is 10.7. The molecule has 1 aliphatic rings. The Morgan fingerprint density at radius 3 is 2.33 bits per heavy atom. The summed E-state index contributed by atoms with van der Waals surface area (Å²) in [5, 5.41) is 8.57. The molecule has 8 heteroatoms. The van der Waals surface area contributed by atoms with Crippen molar-refractivity contribution in [3.8, 4) is 5.69 Å². The van der Waals surface area contributed by atoms with Crippen molar-refractivity contribution in [3.05, 3.63) is 112 Å². The second-order valence-corrected chi connectivity index (χ2v) is 10.0. The van der Waals surface area contributed by atoms with Gasteiger partial charge >= 0.3 is 0 Å². The molecule has 0 spiro atoms. The number of nitrogens with zero attached hydrogens (tertiary/aromatic N) is 6. The van der Waals surface area contributed by atoms with Gasteiger partial charge in [-0.15, -0.1) is 0 Å². The maximum Gasteiger partial charge on any atom is 0.282 e. The molecular formula is C31H31N7O. The lowest BCUT2D eigenvalue weighted by molar-refractivity contribution is 0.313. The Labute approximate surface area is 227 Å². The molecule has 0 atom stereocenters. The maximum absolute atomic E-state index is 13.6. The highest BCUT2D eigenvalue weighted by molar-refractivity contribution is 5.81. The van der Waals surface area contributed by atoms with Crippen LogP contribution in [-0.4, -0.2) is 57.9 Å². The van der Waals surface area contributed by atoms with Gasteiger partial charge in [0.1, 0.15) is 5.52 Å². The van der Waals surface area contributed by atoms with Gasteiger partial charge < -0.3 is 15.1 Å². The van der Waals surface area contributed by atoms with Crippen molar-refractivity contribution in [2.24, 2.45) is 0 Å². The first kappa shape index (κ1) is 24.8. The highest BCUT2D eigenvalue weighted by Crippen LogP contribution is 2.23. The minimum atomic E-state index is -0.237. The van der Waals surface area contributed by atoms with Gasteiger partial charge in [-0.2, -0.15) is 9.78 Å². The van der Waals surface area contributed by atoms with Crippen molar-refractivity contribution in [2.45, 2.75) is 13.3 Å². The van der Waals surface area contributed by atoms with Gasteiger partial charge in [0.15, 0.2) is 0 Å². The van der Waals surface area contributed by atoms with Gasteiger partial charge in [-0.05, 0) is 55.4 Å². The maximum atomic E-state index is 13.6. The van der Waals surface area contributed by atoms with Crippen molar-refractivity contribution >= 4 is 28.2 Å². The molecule has 39 heavy (non-hydrogen) atoms. The topological polar surface area (TPSA) is 79.2 Å². The van der Waals surface area contributed by atoms with Crippen LogP contribution in [0.15, 0.2) is 89.9 Å². The molecule has 1 saturated heterocycles. The number of hydrogen-bond donors (Lipinski definition) is 1. The lowest BCUT2D eigenvalue weighted by atomic mass is 10.1. The number of aryl methyl sites for hydroxylation is 1. The molecule has 1 N–H and O–H groups in total. The third kappa shape index (κ3) is 5.24. The number of piperazine rings is 1. The van der Waals surface area contributed by atoms with E-state index in [9.17, 15) is 4.79 Å². The second-order valence-electron chi connectivity index (χ2n) is 10.0. The van der Waals surface area contributed by atoms with Crippen LogP contribution in [-0.2, 0) is 6.42 Å². The van der Waals surface area contributed by atoms with E-state index in [2.05, 4.69) is 51.4 Å². The predicted octanol–water partition coefficient (Wildman–Crippen LogP) is 4.57. The van der Waals surface area contributed by atoms with Crippen LogP contribution in [0, 0.1) is 6.92 Å². The fourth-order valence-corrected chi connectivity index (χ4v) is 4.97. The zero-order valence-corrected chi connectivity index (χ0v) is 22.2. The smallest absolute Gasteiger partial charge is 0.282 e. The molecule has 0 saturated carbocycles. The number of benzene rings is 3. The van der Waals surface area contributed by atoms with Crippen molar-refractivity contribution < 1.29 is 0 Å². The first-order chi connectivity index (χ1) is 19.0. The number of anilines is 3. The molecule has 0 amide bonds. The third-order valence-corrected chi connectivity index (χ3v) is 7.26. The van der Waals surface area contributed by atoms with Gasteiger partial charge in [-0.3, -0.25) is 4.79 Å². The van der Waals surface area contributed by atoms with E-state index in [1.807, 2.05) is 61.5 Å². The van der Waals surface area contributed by atoms with Crippen LogP contribution in [0.5, 0.6) is 0 Å². The Balaban J connectivity index is 1.36. The minimum absolute atomic E-state index is 0.237. The van der Waals surface area contributed by atoms with E-state index < -0.39 is 0 Å². The average molecular weight is 518 g/mol. The fourth-order valence-electron chi connectivity index (χ4n) is 4.97.